The number of amides is 1. The summed E-state index contributed by atoms with van der Waals surface area (Å²) >= 11 is 0. The standard InChI is InChI=1S/C21H24N4O2/c26-21(22-16-17-6-2-1-3-7-17)20-18-8-4-5-9-19(18)25(23-20)11-10-24-12-14-27-15-13-24/h1-9H,10-16H2,(H,22,26). The largest absolute Gasteiger partial charge is 0.379 e. The third-order valence-corrected chi connectivity index (χ3v) is 4.90. The van der Waals surface area contributed by atoms with Crippen LogP contribution in [0.1, 0.15) is 16.1 Å². The van der Waals surface area contributed by atoms with Gasteiger partial charge < -0.3 is 10.1 Å². The lowest BCUT2D eigenvalue weighted by Gasteiger charge is -2.26. The van der Waals surface area contributed by atoms with Gasteiger partial charge in [-0.1, -0.05) is 48.5 Å². The van der Waals surface area contributed by atoms with Crippen LogP contribution >= 0.6 is 0 Å². The third-order valence-electron chi connectivity index (χ3n) is 4.90. The average Bonchev–Trinajstić information content (AvgIpc) is 3.11. The fourth-order valence-electron chi connectivity index (χ4n) is 3.39. The van der Waals surface area contributed by atoms with Gasteiger partial charge >= 0.3 is 0 Å². The van der Waals surface area contributed by atoms with E-state index < -0.39 is 0 Å². The van der Waals surface area contributed by atoms with E-state index in [1.54, 1.807) is 0 Å². The molecule has 1 saturated heterocycles. The molecule has 140 valence electrons. The minimum atomic E-state index is -0.139. The Kier molecular flexibility index (Phi) is 5.46. The number of nitrogens with zero attached hydrogens (tertiary/aromatic N) is 3. The van der Waals surface area contributed by atoms with E-state index in [-0.39, 0.29) is 5.91 Å². The normalized spacial score (nSPS) is 15.1. The van der Waals surface area contributed by atoms with Crippen LogP contribution in [0.2, 0.25) is 0 Å². The molecule has 1 aromatic heterocycles. The highest BCUT2D eigenvalue weighted by Gasteiger charge is 2.18. The van der Waals surface area contributed by atoms with Gasteiger partial charge in [-0.05, 0) is 11.6 Å². The molecule has 3 aromatic rings. The lowest BCUT2D eigenvalue weighted by Crippen LogP contribution is -2.38. The zero-order chi connectivity index (χ0) is 18.5. The predicted molar refractivity (Wildman–Crippen MR) is 105 cm³/mol. The number of rotatable bonds is 6. The molecule has 0 saturated carbocycles. The molecule has 1 amide bonds. The number of morpholine rings is 1. The number of fused-ring (bicyclic) bond motifs is 1. The zero-order valence-electron chi connectivity index (χ0n) is 15.3. The summed E-state index contributed by atoms with van der Waals surface area (Å²) in [4.78, 5) is 15.1. The van der Waals surface area contributed by atoms with Crippen molar-refractivity contribution in [2.45, 2.75) is 13.1 Å². The first kappa shape index (κ1) is 17.7. The molecule has 2 aromatic carbocycles. The van der Waals surface area contributed by atoms with Gasteiger partial charge in [0.25, 0.3) is 5.91 Å². The molecule has 1 fully saturated rings. The molecule has 0 bridgehead atoms. The van der Waals surface area contributed by atoms with Gasteiger partial charge in [0, 0.05) is 31.6 Å². The Balaban J connectivity index is 1.49. The summed E-state index contributed by atoms with van der Waals surface area (Å²) in [6, 6.07) is 17.8. The van der Waals surface area contributed by atoms with E-state index >= 15 is 0 Å². The summed E-state index contributed by atoms with van der Waals surface area (Å²) in [6.45, 7) is 5.62. The number of ether oxygens (including phenoxy) is 1. The molecule has 0 radical (unpaired) electrons. The van der Waals surface area contributed by atoms with Gasteiger partial charge in [0.1, 0.15) is 0 Å². The molecule has 0 unspecified atom stereocenters. The SMILES string of the molecule is O=C(NCc1ccccc1)c1nn(CCN2CCOCC2)c2ccccc12. The smallest absolute Gasteiger partial charge is 0.272 e. The van der Waals surface area contributed by atoms with Gasteiger partial charge in [-0.25, -0.2) is 0 Å². The van der Waals surface area contributed by atoms with Crippen molar-refractivity contribution in [3.05, 3.63) is 65.9 Å². The molecule has 1 aliphatic rings. The van der Waals surface area contributed by atoms with Crippen LogP contribution < -0.4 is 5.32 Å². The van der Waals surface area contributed by atoms with E-state index in [0.29, 0.717) is 12.2 Å². The van der Waals surface area contributed by atoms with Gasteiger partial charge in [0.05, 0.1) is 25.3 Å². The molecule has 6 heteroatoms. The lowest BCUT2D eigenvalue weighted by molar-refractivity contribution is 0.0361. The minimum absolute atomic E-state index is 0.139. The van der Waals surface area contributed by atoms with E-state index in [4.69, 9.17) is 4.74 Å². The predicted octanol–water partition coefficient (Wildman–Crippen LogP) is 2.30. The first-order valence-corrected chi connectivity index (χ1v) is 9.39. The van der Waals surface area contributed by atoms with E-state index in [0.717, 1.165) is 55.9 Å². The van der Waals surface area contributed by atoms with Gasteiger partial charge in [-0.3, -0.25) is 14.4 Å². The summed E-state index contributed by atoms with van der Waals surface area (Å²) in [7, 11) is 0. The molecule has 27 heavy (non-hydrogen) atoms. The maximum absolute atomic E-state index is 12.7. The van der Waals surface area contributed by atoms with Crippen LogP contribution in [0.25, 0.3) is 10.9 Å². The van der Waals surface area contributed by atoms with Gasteiger partial charge in [0.15, 0.2) is 5.69 Å². The van der Waals surface area contributed by atoms with Crippen LogP contribution in [0.5, 0.6) is 0 Å². The van der Waals surface area contributed by atoms with E-state index in [1.807, 2.05) is 59.3 Å². The molecular weight excluding hydrogens is 340 g/mol. The molecule has 0 aliphatic carbocycles. The molecule has 0 atom stereocenters. The van der Waals surface area contributed by atoms with E-state index in [1.165, 1.54) is 0 Å². The van der Waals surface area contributed by atoms with E-state index in [9.17, 15) is 4.79 Å². The van der Waals surface area contributed by atoms with Crippen molar-refractivity contribution in [2.75, 3.05) is 32.8 Å². The quantitative estimate of drug-likeness (QED) is 0.729. The maximum atomic E-state index is 12.7. The van der Waals surface area contributed by atoms with Gasteiger partial charge in [0.2, 0.25) is 0 Å². The Labute approximate surface area is 158 Å². The highest BCUT2D eigenvalue weighted by molar-refractivity contribution is 6.04. The number of para-hydroxylation sites is 1. The Hall–Kier alpha value is -2.70. The van der Waals surface area contributed by atoms with Crippen molar-refractivity contribution in [1.82, 2.24) is 20.0 Å². The highest BCUT2D eigenvalue weighted by Crippen LogP contribution is 2.18. The van der Waals surface area contributed by atoms with Crippen LogP contribution in [0, 0.1) is 0 Å². The summed E-state index contributed by atoms with van der Waals surface area (Å²) in [5, 5.41) is 8.51. The number of aromatic nitrogens is 2. The van der Waals surface area contributed by atoms with Crippen molar-refractivity contribution < 1.29 is 9.53 Å². The second-order valence-electron chi connectivity index (χ2n) is 6.71. The Morgan fingerprint density at radius 3 is 2.56 bits per heavy atom. The zero-order valence-corrected chi connectivity index (χ0v) is 15.3. The van der Waals surface area contributed by atoms with Crippen LogP contribution in [0.4, 0.5) is 0 Å². The number of hydrogen-bond acceptors (Lipinski definition) is 4. The molecule has 1 N–H and O–H groups in total. The Morgan fingerprint density at radius 2 is 1.74 bits per heavy atom. The number of benzene rings is 2. The first-order chi connectivity index (χ1) is 13.3. The van der Waals surface area contributed by atoms with Gasteiger partial charge in [-0.2, -0.15) is 5.10 Å². The topological polar surface area (TPSA) is 59.4 Å². The second kappa shape index (κ2) is 8.33. The molecule has 6 nitrogen and oxygen atoms in total. The fraction of sp³-hybridized carbons (Fsp3) is 0.333. The van der Waals surface area contributed by atoms with E-state index in [2.05, 4.69) is 15.3 Å². The fourth-order valence-corrected chi connectivity index (χ4v) is 3.39. The highest BCUT2D eigenvalue weighted by atomic mass is 16.5. The third kappa shape index (κ3) is 4.18. The molecule has 4 rings (SSSR count). The average molecular weight is 364 g/mol. The summed E-state index contributed by atoms with van der Waals surface area (Å²) < 4.78 is 7.35. The lowest BCUT2D eigenvalue weighted by atomic mass is 10.2. The van der Waals surface area contributed by atoms with Crippen molar-refractivity contribution in [1.29, 1.82) is 0 Å². The minimum Gasteiger partial charge on any atom is -0.379 e. The van der Waals surface area contributed by atoms with Crippen LogP contribution in [-0.2, 0) is 17.8 Å². The Morgan fingerprint density at radius 1 is 1.00 bits per heavy atom. The molecular formula is C21H24N4O2. The van der Waals surface area contributed by atoms with Crippen molar-refractivity contribution in [3.8, 4) is 0 Å². The van der Waals surface area contributed by atoms with Crippen LogP contribution in [0.3, 0.4) is 0 Å². The summed E-state index contributed by atoms with van der Waals surface area (Å²) in [5.74, 6) is -0.139. The number of carbonyl (C=O) groups excluding carboxylic acids is 1. The monoisotopic (exact) mass is 364 g/mol. The molecule has 1 aliphatic heterocycles. The summed E-state index contributed by atoms with van der Waals surface area (Å²) in [5.41, 5.74) is 2.56. The van der Waals surface area contributed by atoms with Crippen LogP contribution in [-0.4, -0.2) is 53.4 Å². The molecule has 2 heterocycles. The van der Waals surface area contributed by atoms with Crippen molar-refractivity contribution >= 4 is 16.8 Å². The summed E-state index contributed by atoms with van der Waals surface area (Å²) in [6.07, 6.45) is 0. The van der Waals surface area contributed by atoms with Crippen molar-refractivity contribution in [3.63, 3.8) is 0 Å². The number of nitrogens with one attached hydrogen (secondary N) is 1. The van der Waals surface area contributed by atoms with Gasteiger partial charge in [-0.15, -0.1) is 0 Å². The molecule has 0 spiro atoms. The maximum Gasteiger partial charge on any atom is 0.272 e. The first-order valence-electron chi connectivity index (χ1n) is 9.39. The number of carbonyl (C=O) groups is 1. The second-order valence-corrected chi connectivity index (χ2v) is 6.71. The Bertz CT molecular complexity index is 901. The number of hydrogen-bond donors (Lipinski definition) is 1. The van der Waals surface area contributed by atoms with Crippen molar-refractivity contribution in [2.24, 2.45) is 0 Å². The van der Waals surface area contributed by atoms with Crippen LogP contribution in [0.15, 0.2) is 54.6 Å².